The average Bonchev–Trinajstić information content (AvgIpc) is 3.20. The molecule has 0 radical (unpaired) electrons. The van der Waals surface area contributed by atoms with Crippen LogP contribution in [-0.4, -0.2) is 40.5 Å². The minimum atomic E-state index is 0.937. The van der Waals surface area contributed by atoms with Gasteiger partial charge in [0, 0.05) is 38.3 Å². The lowest BCUT2D eigenvalue weighted by molar-refractivity contribution is 0.231. The summed E-state index contributed by atoms with van der Waals surface area (Å²) >= 11 is 1.78. The zero-order chi connectivity index (χ0) is 17.5. The van der Waals surface area contributed by atoms with Crippen molar-refractivity contribution in [2.75, 3.05) is 26.2 Å². The van der Waals surface area contributed by atoms with E-state index in [1.807, 2.05) is 0 Å². The molecule has 132 valence electrons. The minimum absolute atomic E-state index is 0.937. The second kappa shape index (κ2) is 6.50. The van der Waals surface area contributed by atoms with Gasteiger partial charge in [0.1, 0.15) is 0 Å². The van der Waals surface area contributed by atoms with Gasteiger partial charge in [-0.3, -0.25) is 9.30 Å². The van der Waals surface area contributed by atoms with Gasteiger partial charge in [0.2, 0.25) is 0 Å². The second-order valence-corrected chi connectivity index (χ2v) is 8.00. The third kappa shape index (κ3) is 2.72. The number of fused-ring (bicyclic) bond motifs is 3. The summed E-state index contributed by atoms with van der Waals surface area (Å²) in [6.07, 6.45) is 0. The first kappa shape index (κ1) is 16.0. The van der Waals surface area contributed by atoms with E-state index in [1.54, 1.807) is 11.3 Å². The number of aryl methyl sites for hydroxylation is 1. The Hall–Kier alpha value is -2.21. The maximum absolute atomic E-state index is 5.05. The largest absolute Gasteiger partial charge is 0.314 e. The molecule has 1 saturated heterocycles. The van der Waals surface area contributed by atoms with Crippen LogP contribution >= 0.6 is 11.3 Å². The first-order valence-corrected chi connectivity index (χ1v) is 10.0. The molecule has 3 heterocycles. The molecular formula is C21H22N4S. The Morgan fingerprint density at radius 3 is 2.62 bits per heavy atom. The topological polar surface area (TPSA) is 32.6 Å². The smallest absolute Gasteiger partial charge is 0.195 e. The van der Waals surface area contributed by atoms with E-state index in [0.717, 1.165) is 43.4 Å². The number of thiazole rings is 1. The fourth-order valence-corrected chi connectivity index (χ4v) is 4.79. The number of hydrogen-bond donors (Lipinski definition) is 1. The number of hydrogen-bond acceptors (Lipinski definition) is 4. The molecule has 0 aliphatic carbocycles. The van der Waals surface area contributed by atoms with Crippen LogP contribution in [0.4, 0.5) is 0 Å². The Kier molecular flexibility index (Phi) is 4.00. The van der Waals surface area contributed by atoms with Crippen molar-refractivity contribution in [2.24, 2.45) is 0 Å². The molecule has 1 N–H and O–H groups in total. The minimum Gasteiger partial charge on any atom is -0.314 e. The highest BCUT2D eigenvalue weighted by Crippen LogP contribution is 2.33. The summed E-state index contributed by atoms with van der Waals surface area (Å²) in [7, 11) is 0. The lowest BCUT2D eigenvalue weighted by atomic mass is 10.1. The van der Waals surface area contributed by atoms with Crippen molar-refractivity contribution in [3.05, 3.63) is 59.8 Å². The molecule has 0 atom stereocenters. The van der Waals surface area contributed by atoms with Gasteiger partial charge >= 0.3 is 0 Å². The molecule has 0 unspecified atom stereocenters. The van der Waals surface area contributed by atoms with Crippen LogP contribution in [0, 0.1) is 6.92 Å². The van der Waals surface area contributed by atoms with Gasteiger partial charge in [-0.1, -0.05) is 53.3 Å². The molecule has 1 fully saturated rings. The van der Waals surface area contributed by atoms with Gasteiger partial charge in [-0.2, -0.15) is 0 Å². The number of para-hydroxylation sites is 1. The molecule has 2 aromatic heterocycles. The van der Waals surface area contributed by atoms with Crippen LogP contribution in [0.25, 0.3) is 26.4 Å². The number of benzene rings is 2. The van der Waals surface area contributed by atoms with E-state index in [1.165, 1.54) is 27.0 Å². The monoisotopic (exact) mass is 362 g/mol. The first-order chi connectivity index (χ1) is 12.8. The van der Waals surface area contributed by atoms with Crippen LogP contribution in [0.3, 0.4) is 0 Å². The van der Waals surface area contributed by atoms with Gasteiger partial charge < -0.3 is 5.32 Å². The summed E-state index contributed by atoms with van der Waals surface area (Å²) in [5.41, 5.74) is 6.19. The number of imidazole rings is 1. The molecule has 5 heteroatoms. The SMILES string of the molecule is Cc1ccc(-c2nc3sc4ccccc4n3c2CN2CCNCC2)cc1. The van der Waals surface area contributed by atoms with E-state index in [-0.39, 0.29) is 0 Å². The molecular weight excluding hydrogens is 340 g/mol. The molecule has 0 bridgehead atoms. The quantitative estimate of drug-likeness (QED) is 0.599. The Morgan fingerprint density at radius 2 is 1.81 bits per heavy atom. The Morgan fingerprint density at radius 1 is 1.04 bits per heavy atom. The van der Waals surface area contributed by atoms with Crippen molar-refractivity contribution in [1.82, 2.24) is 19.6 Å². The Bertz CT molecular complexity index is 1050. The number of rotatable bonds is 3. The summed E-state index contributed by atoms with van der Waals surface area (Å²) in [6, 6.07) is 17.4. The van der Waals surface area contributed by atoms with Crippen molar-refractivity contribution in [2.45, 2.75) is 13.5 Å². The van der Waals surface area contributed by atoms with E-state index < -0.39 is 0 Å². The van der Waals surface area contributed by atoms with E-state index in [2.05, 4.69) is 70.1 Å². The lowest BCUT2D eigenvalue weighted by Crippen LogP contribution is -2.43. The van der Waals surface area contributed by atoms with E-state index in [4.69, 9.17) is 4.98 Å². The van der Waals surface area contributed by atoms with Crippen molar-refractivity contribution in [3.8, 4) is 11.3 Å². The van der Waals surface area contributed by atoms with Crippen molar-refractivity contribution in [3.63, 3.8) is 0 Å². The van der Waals surface area contributed by atoms with Crippen molar-refractivity contribution in [1.29, 1.82) is 0 Å². The third-order valence-corrected chi connectivity index (χ3v) is 6.18. The maximum atomic E-state index is 5.05. The summed E-state index contributed by atoms with van der Waals surface area (Å²) in [4.78, 5) is 8.68. The molecule has 26 heavy (non-hydrogen) atoms. The van der Waals surface area contributed by atoms with Gasteiger partial charge in [-0.05, 0) is 19.1 Å². The lowest BCUT2D eigenvalue weighted by Gasteiger charge is -2.27. The molecule has 4 nitrogen and oxygen atoms in total. The highest BCUT2D eigenvalue weighted by Gasteiger charge is 2.21. The molecule has 4 aromatic rings. The summed E-state index contributed by atoms with van der Waals surface area (Å²) in [5, 5.41) is 3.45. The standard InChI is InChI=1S/C21H22N4S/c1-15-6-8-16(9-7-15)20-18(14-24-12-10-22-11-13-24)25-17-4-2-3-5-19(17)26-21(25)23-20/h2-9,22H,10-14H2,1H3. The molecule has 5 rings (SSSR count). The van der Waals surface area contributed by atoms with Crippen LogP contribution in [0.2, 0.25) is 0 Å². The Labute approximate surface area is 157 Å². The Balaban J connectivity index is 1.70. The predicted octanol–water partition coefficient (Wildman–Crippen LogP) is 3.93. The predicted molar refractivity (Wildman–Crippen MR) is 109 cm³/mol. The number of nitrogens with one attached hydrogen (secondary N) is 1. The maximum Gasteiger partial charge on any atom is 0.195 e. The first-order valence-electron chi connectivity index (χ1n) is 9.18. The number of nitrogens with zero attached hydrogens (tertiary/aromatic N) is 3. The van der Waals surface area contributed by atoms with Crippen molar-refractivity contribution < 1.29 is 0 Å². The molecule has 1 aliphatic rings. The summed E-state index contributed by atoms with van der Waals surface area (Å²) in [6.45, 7) is 7.36. The zero-order valence-electron chi connectivity index (χ0n) is 14.9. The van der Waals surface area contributed by atoms with Gasteiger partial charge in [0.25, 0.3) is 0 Å². The molecule has 1 aliphatic heterocycles. The summed E-state index contributed by atoms with van der Waals surface area (Å²) < 4.78 is 3.67. The molecule has 0 amide bonds. The fraction of sp³-hybridized carbons (Fsp3) is 0.286. The number of aromatic nitrogens is 2. The summed E-state index contributed by atoms with van der Waals surface area (Å²) in [5.74, 6) is 0. The van der Waals surface area contributed by atoms with E-state index in [9.17, 15) is 0 Å². The van der Waals surface area contributed by atoms with Crippen molar-refractivity contribution >= 4 is 26.5 Å². The number of piperazine rings is 1. The van der Waals surface area contributed by atoms with Crippen LogP contribution in [0.5, 0.6) is 0 Å². The normalized spacial score (nSPS) is 15.9. The van der Waals surface area contributed by atoms with Gasteiger partial charge in [0.05, 0.1) is 21.6 Å². The highest BCUT2D eigenvalue weighted by molar-refractivity contribution is 7.23. The van der Waals surface area contributed by atoms with Crippen LogP contribution in [0.1, 0.15) is 11.3 Å². The zero-order valence-corrected chi connectivity index (χ0v) is 15.7. The van der Waals surface area contributed by atoms with Gasteiger partial charge in [0.15, 0.2) is 4.96 Å². The molecule has 0 spiro atoms. The van der Waals surface area contributed by atoms with E-state index >= 15 is 0 Å². The molecule has 0 saturated carbocycles. The third-order valence-electron chi connectivity index (χ3n) is 5.16. The van der Waals surface area contributed by atoms with Gasteiger partial charge in [-0.25, -0.2) is 4.98 Å². The molecule has 2 aromatic carbocycles. The van der Waals surface area contributed by atoms with Crippen LogP contribution in [0.15, 0.2) is 48.5 Å². The van der Waals surface area contributed by atoms with Crippen LogP contribution in [-0.2, 0) is 6.54 Å². The average molecular weight is 363 g/mol. The van der Waals surface area contributed by atoms with E-state index in [0.29, 0.717) is 0 Å². The highest BCUT2D eigenvalue weighted by atomic mass is 32.1. The van der Waals surface area contributed by atoms with Crippen LogP contribution < -0.4 is 5.32 Å². The fourth-order valence-electron chi connectivity index (χ4n) is 3.74. The van der Waals surface area contributed by atoms with Gasteiger partial charge in [-0.15, -0.1) is 0 Å². The second-order valence-electron chi connectivity index (χ2n) is 6.99.